The summed E-state index contributed by atoms with van der Waals surface area (Å²) in [7, 11) is -3.88. The average Bonchev–Trinajstić information content (AvgIpc) is 2.19. The summed E-state index contributed by atoms with van der Waals surface area (Å²) in [6.07, 6.45) is 0. The Morgan fingerprint density at radius 2 is 2.00 bits per heavy atom. The number of benzene rings is 1. The van der Waals surface area contributed by atoms with E-state index in [0.717, 1.165) is 6.07 Å². The average molecular weight is 261 g/mol. The van der Waals surface area contributed by atoms with E-state index in [2.05, 4.69) is 5.32 Å². The second-order valence-electron chi connectivity index (χ2n) is 4.40. The van der Waals surface area contributed by atoms with Gasteiger partial charge in [-0.1, -0.05) is 0 Å². The third-order valence-electron chi connectivity index (χ3n) is 2.25. The van der Waals surface area contributed by atoms with Crippen molar-refractivity contribution >= 4 is 15.7 Å². The minimum Gasteiger partial charge on any atom is -0.377 e. The van der Waals surface area contributed by atoms with Crippen molar-refractivity contribution in [1.82, 2.24) is 0 Å². The Hall–Kier alpha value is -1.18. The lowest BCUT2D eigenvalue weighted by Gasteiger charge is -2.25. The number of rotatable bonds is 4. The van der Waals surface area contributed by atoms with E-state index in [0.29, 0.717) is 6.54 Å². The van der Waals surface area contributed by atoms with Crippen LogP contribution in [0.25, 0.3) is 0 Å². The summed E-state index contributed by atoms with van der Waals surface area (Å²) < 4.78 is 35.6. The summed E-state index contributed by atoms with van der Waals surface area (Å²) in [5, 5.41) is 7.77. The van der Waals surface area contributed by atoms with E-state index in [1.807, 2.05) is 0 Å². The Morgan fingerprint density at radius 1 is 1.41 bits per heavy atom. The van der Waals surface area contributed by atoms with E-state index in [4.69, 9.17) is 10.9 Å². The van der Waals surface area contributed by atoms with E-state index in [1.165, 1.54) is 12.1 Å². The van der Waals surface area contributed by atoms with E-state index < -0.39 is 21.4 Å². The van der Waals surface area contributed by atoms with Gasteiger partial charge in [-0.3, -0.25) is 0 Å². The monoisotopic (exact) mass is 261 g/mol. The minimum atomic E-state index is -3.88. The van der Waals surface area contributed by atoms with Crippen molar-refractivity contribution in [2.75, 3.05) is 11.9 Å². The molecule has 5 N–H and O–H groups in total. The molecule has 0 radical (unpaired) electrons. The molecule has 0 amide bonds. The lowest BCUT2D eigenvalue weighted by Crippen LogP contribution is -2.39. The van der Waals surface area contributed by atoms with Crippen molar-refractivity contribution in [2.24, 2.45) is 10.9 Å². The molecular formula is C10H16FN3O2S. The maximum Gasteiger partial charge on any atom is 0.238 e. The van der Waals surface area contributed by atoms with Gasteiger partial charge in [0.25, 0.3) is 0 Å². The fraction of sp³-hybridized carbons (Fsp3) is 0.400. The Morgan fingerprint density at radius 3 is 2.41 bits per heavy atom. The third-order valence-corrected chi connectivity index (χ3v) is 3.16. The molecule has 5 nitrogen and oxygen atoms in total. The fourth-order valence-electron chi connectivity index (χ4n) is 1.19. The van der Waals surface area contributed by atoms with Gasteiger partial charge in [-0.05, 0) is 32.0 Å². The molecule has 0 unspecified atom stereocenters. The van der Waals surface area contributed by atoms with Gasteiger partial charge >= 0.3 is 0 Å². The van der Waals surface area contributed by atoms with E-state index in [-0.39, 0.29) is 10.6 Å². The molecule has 1 rings (SSSR count). The molecule has 96 valence electrons. The number of anilines is 1. The first-order chi connectivity index (χ1) is 7.65. The van der Waals surface area contributed by atoms with Crippen molar-refractivity contribution in [2.45, 2.75) is 24.3 Å². The first-order valence-electron chi connectivity index (χ1n) is 4.96. The van der Waals surface area contributed by atoms with Crippen LogP contribution in [-0.2, 0) is 10.0 Å². The number of halogens is 1. The molecule has 1 aromatic carbocycles. The van der Waals surface area contributed by atoms with Crippen LogP contribution in [0.2, 0.25) is 0 Å². The lowest BCUT2D eigenvalue weighted by molar-refractivity contribution is 0.563. The number of sulfonamides is 1. The summed E-state index contributed by atoms with van der Waals surface area (Å²) in [5.41, 5.74) is 5.21. The smallest absolute Gasteiger partial charge is 0.238 e. The summed E-state index contributed by atoms with van der Waals surface area (Å²) in [6.45, 7) is 3.92. The zero-order chi connectivity index (χ0) is 13.3. The van der Waals surface area contributed by atoms with Gasteiger partial charge in [0.05, 0.1) is 10.6 Å². The molecule has 0 aromatic heterocycles. The SMILES string of the molecule is CC(C)(CN)Nc1ccc(S(N)(=O)=O)cc1F. The van der Waals surface area contributed by atoms with Crippen molar-refractivity contribution in [3.05, 3.63) is 24.0 Å². The van der Waals surface area contributed by atoms with Crippen molar-refractivity contribution < 1.29 is 12.8 Å². The Kier molecular flexibility index (Phi) is 3.75. The van der Waals surface area contributed by atoms with E-state index >= 15 is 0 Å². The largest absolute Gasteiger partial charge is 0.377 e. The topological polar surface area (TPSA) is 98.2 Å². The lowest BCUT2D eigenvalue weighted by atomic mass is 10.1. The molecule has 0 aliphatic carbocycles. The van der Waals surface area contributed by atoms with Gasteiger partial charge in [0.15, 0.2) is 0 Å². The highest BCUT2D eigenvalue weighted by atomic mass is 32.2. The van der Waals surface area contributed by atoms with Crippen molar-refractivity contribution in [1.29, 1.82) is 0 Å². The maximum atomic E-state index is 13.6. The normalized spacial score (nSPS) is 12.5. The maximum absolute atomic E-state index is 13.6. The number of nitrogens with one attached hydrogen (secondary N) is 1. The molecule has 0 heterocycles. The molecule has 0 fully saturated rings. The van der Waals surface area contributed by atoms with Crippen LogP contribution in [0, 0.1) is 5.82 Å². The highest BCUT2D eigenvalue weighted by Crippen LogP contribution is 2.21. The molecular weight excluding hydrogens is 245 g/mol. The third kappa shape index (κ3) is 3.65. The van der Waals surface area contributed by atoms with Crippen LogP contribution in [0.1, 0.15) is 13.8 Å². The number of hydrogen-bond donors (Lipinski definition) is 3. The Balaban J connectivity index is 3.07. The van der Waals surface area contributed by atoms with E-state index in [9.17, 15) is 12.8 Å². The zero-order valence-electron chi connectivity index (χ0n) is 9.70. The number of primary sulfonamides is 1. The molecule has 1 aromatic rings. The molecule has 17 heavy (non-hydrogen) atoms. The van der Waals surface area contributed by atoms with E-state index in [1.54, 1.807) is 13.8 Å². The van der Waals surface area contributed by atoms with Crippen LogP contribution in [0.3, 0.4) is 0 Å². The van der Waals surface area contributed by atoms with Crippen LogP contribution >= 0.6 is 0 Å². The van der Waals surface area contributed by atoms with Crippen LogP contribution in [0.5, 0.6) is 0 Å². The highest BCUT2D eigenvalue weighted by Gasteiger charge is 2.18. The van der Waals surface area contributed by atoms with Gasteiger partial charge in [0.1, 0.15) is 5.82 Å². The van der Waals surface area contributed by atoms with Gasteiger partial charge in [-0.2, -0.15) is 0 Å². The molecule has 0 bridgehead atoms. The van der Waals surface area contributed by atoms with Crippen LogP contribution in [-0.4, -0.2) is 20.5 Å². The van der Waals surface area contributed by atoms with Gasteiger partial charge < -0.3 is 11.1 Å². The standard InChI is InChI=1S/C10H16FN3O2S/c1-10(2,6-12)14-9-4-3-7(5-8(9)11)17(13,15)16/h3-5,14H,6,12H2,1-2H3,(H2,13,15,16). The van der Waals surface area contributed by atoms with Gasteiger partial charge in [-0.25, -0.2) is 17.9 Å². The minimum absolute atomic E-state index is 0.188. The summed E-state index contributed by atoms with van der Waals surface area (Å²) in [5.74, 6) is -0.682. The van der Waals surface area contributed by atoms with Gasteiger partial charge in [0, 0.05) is 12.1 Å². The molecule has 0 spiro atoms. The number of hydrogen-bond acceptors (Lipinski definition) is 4. The molecule has 0 aliphatic heterocycles. The molecule has 7 heteroatoms. The van der Waals surface area contributed by atoms with Gasteiger partial charge in [0.2, 0.25) is 10.0 Å². The van der Waals surface area contributed by atoms with Crippen molar-refractivity contribution in [3.63, 3.8) is 0 Å². The summed E-state index contributed by atoms with van der Waals surface area (Å²) in [4.78, 5) is -0.258. The quantitative estimate of drug-likeness (QED) is 0.740. The molecule has 0 saturated carbocycles. The molecule has 0 saturated heterocycles. The highest BCUT2D eigenvalue weighted by molar-refractivity contribution is 7.89. The molecule has 0 aliphatic rings. The van der Waals surface area contributed by atoms with Gasteiger partial charge in [-0.15, -0.1) is 0 Å². The fourth-order valence-corrected chi connectivity index (χ4v) is 1.72. The van der Waals surface area contributed by atoms with Crippen LogP contribution in [0.4, 0.5) is 10.1 Å². The Bertz CT molecular complexity index is 514. The number of nitrogens with two attached hydrogens (primary N) is 2. The zero-order valence-corrected chi connectivity index (χ0v) is 10.5. The first-order valence-corrected chi connectivity index (χ1v) is 6.51. The van der Waals surface area contributed by atoms with Crippen LogP contribution in [0.15, 0.2) is 23.1 Å². The summed E-state index contributed by atoms with van der Waals surface area (Å²) in [6, 6.07) is 3.45. The predicted molar refractivity (Wildman–Crippen MR) is 64.5 cm³/mol. The predicted octanol–water partition coefficient (Wildman–Crippen LogP) is 0.622. The molecule has 0 atom stereocenters. The summed E-state index contributed by atoms with van der Waals surface area (Å²) >= 11 is 0. The Labute approximate surface area is 100 Å². The van der Waals surface area contributed by atoms with Crippen LogP contribution < -0.4 is 16.2 Å². The second-order valence-corrected chi connectivity index (χ2v) is 5.96. The second kappa shape index (κ2) is 4.59. The van der Waals surface area contributed by atoms with Crippen molar-refractivity contribution in [3.8, 4) is 0 Å². The first kappa shape index (κ1) is 13.9.